The number of aryl methyl sites for hydroxylation is 3. The summed E-state index contributed by atoms with van der Waals surface area (Å²) >= 11 is 0. The van der Waals surface area contributed by atoms with Crippen LogP contribution >= 0.6 is 8.58 Å². The normalized spacial score (nSPS) is 10.9. The SMILES string of the molecule is CCCCCOc1ccc(PC(=O)c2c(C)cc(C)cc2C)c(OCCCCC)c1.[LiH]. The summed E-state index contributed by atoms with van der Waals surface area (Å²) in [5.74, 6) is 1.61. The van der Waals surface area contributed by atoms with Crippen molar-refractivity contribution in [3.8, 4) is 11.5 Å². The summed E-state index contributed by atoms with van der Waals surface area (Å²) in [6, 6.07) is 10.1. The molecule has 0 spiro atoms. The molecule has 1 unspecified atom stereocenters. The molecule has 0 heterocycles. The molecule has 2 rings (SSSR count). The molecule has 0 aromatic heterocycles. The molecule has 2 aromatic rings. The van der Waals surface area contributed by atoms with E-state index in [-0.39, 0.29) is 33.0 Å². The molecule has 0 amide bonds. The fraction of sp³-hybridized carbons (Fsp3) is 0.500. The topological polar surface area (TPSA) is 35.5 Å². The van der Waals surface area contributed by atoms with Crippen LogP contribution in [0.25, 0.3) is 0 Å². The molecule has 2 aromatic carbocycles. The zero-order valence-electron chi connectivity index (χ0n) is 19.3. The fourth-order valence-corrected chi connectivity index (χ4v) is 4.81. The Balaban J connectivity index is 0.00000480. The molecular weight excluding hydrogens is 398 g/mol. The number of rotatable bonds is 13. The Labute approximate surface area is 202 Å². The van der Waals surface area contributed by atoms with E-state index in [1.807, 2.05) is 32.0 Å². The van der Waals surface area contributed by atoms with Crippen LogP contribution in [0.2, 0.25) is 0 Å². The van der Waals surface area contributed by atoms with Crippen LogP contribution in [0.5, 0.6) is 11.5 Å². The summed E-state index contributed by atoms with van der Waals surface area (Å²) in [5, 5.41) is 0.955. The average molecular weight is 437 g/mol. The van der Waals surface area contributed by atoms with Crippen molar-refractivity contribution in [2.45, 2.75) is 73.1 Å². The van der Waals surface area contributed by atoms with Gasteiger partial charge in [0, 0.05) is 16.9 Å². The maximum absolute atomic E-state index is 13.1. The van der Waals surface area contributed by atoms with E-state index in [1.54, 1.807) is 0 Å². The van der Waals surface area contributed by atoms with Crippen molar-refractivity contribution in [2.24, 2.45) is 0 Å². The Hall–Kier alpha value is -1.26. The number of carbonyl (C=O) groups is 1. The fourth-order valence-electron chi connectivity index (χ4n) is 3.61. The van der Waals surface area contributed by atoms with Gasteiger partial charge in [-0.25, -0.2) is 0 Å². The van der Waals surface area contributed by atoms with E-state index in [0.29, 0.717) is 13.2 Å². The van der Waals surface area contributed by atoms with Gasteiger partial charge in [-0.15, -0.1) is 0 Å². The van der Waals surface area contributed by atoms with Crippen molar-refractivity contribution in [3.63, 3.8) is 0 Å². The first-order valence-electron chi connectivity index (χ1n) is 11.2. The van der Waals surface area contributed by atoms with Crippen molar-refractivity contribution in [3.05, 3.63) is 52.6 Å². The summed E-state index contributed by atoms with van der Waals surface area (Å²) in [6.45, 7) is 11.9. The third-order valence-corrected chi connectivity index (χ3v) is 6.29. The Morgan fingerprint density at radius 3 is 2.00 bits per heavy atom. The molecule has 5 heteroatoms. The van der Waals surface area contributed by atoms with E-state index in [0.717, 1.165) is 59.2 Å². The van der Waals surface area contributed by atoms with Gasteiger partial charge in [0.05, 0.1) is 13.2 Å². The molecule has 0 N–H and O–H groups in total. The van der Waals surface area contributed by atoms with Gasteiger partial charge < -0.3 is 9.47 Å². The second kappa shape index (κ2) is 14.7. The minimum absolute atomic E-state index is 0. The first kappa shape index (κ1) is 27.8. The van der Waals surface area contributed by atoms with Gasteiger partial charge in [-0.2, -0.15) is 0 Å². The van der Waals surface area contributed by atoms with Gasteiger partial charge in [-0.1, -0.05) is 57.2 Å². The first-order valence-corrected chi connectivity index (χ1v) is 12.2. The Kier molecular flexibility index (Phi) is 13.2. The number of carbonyl (C=O) groups excluding carboxylic acids is 1. The van der Waals surface area contributed by atoms with Crippen molar-refractivity contribution in [1.82, 2.24) is 0 Å². The first-order chi connectivity index (χ1) is 14.5. The molecule has 31 heavy (non-hydrogen) atoms. The zero-order chi connectivity index (χ0) is 21.9. The van der Waals surface area contributed by atoms with Crippen LogP contribution in [0.1, 0.15) is 79.4 Å². The van der Waals surface area contributed by atoms with Crippen LogP contribution in [-0.4, -0.2) is 37.6 Å². The molecule has 0 saturated heterocycles. The van der Waals surface area contributed by atoms with E-state index in [9.17, 15) is 4.79 Å². The molecule has 3 nitrogen and oxygen atoms in total. The standard InChI is InChI=1S/C26H37O3P.Li.H/c1-6-8-10-14-28-22-12-13-24(23(18-22)29-15-11-9-7-2)30-26(27)25-20(4)16-19(3)17-21(25)5;;/h12-13,16-18,30H,6-11,14-15H2,1-5H3;;. The van der Waals surface area contributed by atoms with E-state index in [2.05, 4.69) is 32.9 Å². The zero-order valence-corrected chi connectivity index (χ0v) is 20.3. The monoisotopic (exact) mass is 436 g/mol. The molecule has 0 bridgehead atoms. The molecule has 1 atom stereocenters. The van der Waals surface area contributed by atoms with Gasteiger partial charge >= 0.3 is 18.9 Å². The van der Waals surface area contributed by atoms with Crippen LogP contribution in [0.15, 0.2) is 30.3 Å². The van der Waals surface area contributed by atoms with Crippen LogP contribution in [0.3, 0.4) is 0 Å². The van der Waals surface area contributed by atoms with Crippen LogP contribution in [0.4, 0.5) is 0 Å². The minimum atomic E-state index is 0. The van der Waals surface area contributed by atoms with E-state index in [4.69, 9.17) is 9.47 Å². The molecule has 166 valence electrons. The third-order valence-electron chi connectivity index (χ3n) is 5.13. The number of ether oxygens (including phenoxy) is 2. The molecule has 0 saturated carbocycles. The molecular formula is C26H38LiO3P. The molecule has 0 aliphatic heterocycles. The van der Waals surface area contributed by atoms with Gasteiger partial charge in [-0.3, -0.25) is 4.79 Å². The number of hydrogen-bond donors (Lipinski definition) is 0. The van der Waals surface area contributed by atoms with Gasteiger partial charge in [0.2, 0.25) is 0 Å². The van der Waals surface area contributed by atoms with Crippen molar-refractivity contribution in [2.75, 3.05) is 13.2 Å². The van der Waals surface area contributed by atoms with Gasteiger partial charge in [-0.05, 0) is 65.5 Å². The van der Waals surface area contributed by atoms with Gasteiger partial charge in [0.25, 0.3) is 0 Å². The maximum atomic E-state index is 13.1. The molecule has 0 aliphatic rings. The van der Waals surface area contributed by atoms with Crippen LogP contribution in [0, 0.1) is 20.8 Å². The van der Waals surface area contributed by atoms with Crippen molar-refractivity contribution < 1.29 is 14.3 Å². The molecule has 0 radical (unpaired) electrons. The third kappa shape index (κ3) is 9.02. The second-order valence-electron chi connectivity index (χ2n) is 8.00. The average Bonchev–Trinajstić information content (AvgIpc) is 2.69. The summed E-state index contributed by atoms with van der Waals surface area (Å²) < 4.78 is 12.0. The summed E-state index contributed by atoms with van der Waals surface area (Å²) in [4.78, 5) is 13.1. The Morgan fingerprint density at radius 1 is 0.839 bits per heavy atom. The van der Waals surface area contributed by atoms with Crippen molar-refractivity contribution >= 4 is 38.3 Å². The Morgan fingerprint density at radius 2 is 1.42 bits per heavy atom. The number of unbranched alkanes of at least 4 members (excludes halogenated alkanes) is 4. The summed E-state index contributed by atoms with van der Waals surface area (Å²) in [7, 11) is 0.0355. The van der Waals surface area contributed by atoms with E-state index >= 15 is 0 Å². The summed E-state index contributed by atoms with van der Waals surface area (Å²) in [5.41, 5.74) is 4.29. The molecule has 0 fully saturated rings. The number of benzene rings is 2. The van der Waals surface area contributed by atoms with Crippen LogP contribution in [-0.2, 0) is 0 Å². The molecule has 0 aliphatic carbocycles. The predicted molar refractivity (Wildman–Crippen MR) is 137 cm³/mol. The van der Waals surface area contributed by atoms with E-state index < -0.39 is 0 Å². The van der Waals surface area contributed by atoms with Gasteiger partial charge in [0.15, 0.2) is 5.52 Å². The number of hydrogen-bond acceptors (Lipinski definition) is 3. The predicted octanol–water partition coefficient (Wildman–Crippen LogP) is 6.25. The van der Waals surface area contributed by atoms with Gasteiger partial charge in [0.1, 0.15) is 11.5 Å². The Bertz CT molecular complexity index is 812. The summed E-state index contributed by atoms with van der Waals surface area (Å²) in [6.07, 6.45) is 6.72. The van der Waals surface area contributed by atoms with Crippen molar-refractivity contribution in [1.29, 1.82) is 0 Å². The van der Waals surface area contributed by atoms with Crippen LogP contribution < -0.4 is 14.8 Å². The quantitative estimate of drug-likeness (QED) is 0.212. The second-order valence-corrected chi connectivity index (χ2v) is 9.24. The van der Waals surface area contributed by atoms with E-state index in [1.165, 1.54) is 18.4 Å².